The summed E-state index contributed by atoms with van der Waals surface area (Å²) in [4.78, 5) is 32.3. The number of rotatable bonds is 5. The van der Waals surface area contributed by atoms with E-state index in [4.69, 9.17) is 4.74 Å². The maximum absolute atomic E-state index is 14.0. The molecule has 10 nitrogen and oxygen atoms in total. The Morgan fingerprint density at radius 1 is 1.08 bits per heavy atom. The fourth-order valence-corrected chi connectivity index (χ4v) is 4.38. The van der Waals surface area contributed by atoms with Crippen molar-refractivity contribution in [1.29, 1.82) is 0 Å². The Morgan fingerprint density at radius 3 is 2.49 bits per heavy atom. The number of benzene rings is 1. The van der Waals surface area contributed by atoms with Crippen molar-refractivity contribution in [2.24, 2.45) is 0 Å². The number of hydrogen-bond acceptors (Lipinski definition) is 6. The summed E-state index contributed by atoms with van der Waals surface area (Å²) in [5, 5.41) is 10.7. The minimum atomic E-state index is -4.75. The molecule has 1 aromatic carbocycles. The molecule has 0 atom stereocenters. The first-order valence-electron chi connectivity index (χ1n) is 12.4. The summed E-state index contributed by atoms with van der Waals surface area (Å²) in [5.74, 6) is -1.13. The molecule has 4 aromatic rings. The standard InChI is InChI=1S/C26H26F3N7O3/c1-4-35-23(25(38)34-7-9-39-10-8-34)20(14-30-35)32-24(37)19-13-22-31-18(17-6-5-15(2)16(3)11-17)12-21(26(27,28)29)36(22)33-19/h5-6,11-14H,4,7-10H2,1-3H3,(H,32,37). The number of nitrogens with zero attached hydrogens (tertiary/aromatic N) is 6. The molecule has 4 heterocycles. The van der Waals surface area contributed by atoms with Gasteiger partial charge in [0.2, 0.25) is 0 Å². The second-order valence-corrected chi connectivity index (χ2v) is 9.20. The van der Waals surface area contributed by atoms with E-state index in [1.54, 1.807) is 24.0 Å². The number of aromatic nitrogens is 5. The summed E-state index contributed by atoms with van der Waals surface area (Å²) >= 11 is 0. The fourth-order valence-electron chi connectivity index (χ4n) is 4.38. The van der Waals surface area contributed by atoms with Crippen LogP contribution in [0.2, 0.25) is 0 Å². The van der Waals surface area contributed by atoms with Crippen molar-refractivity contribution in [2.45, 2.75) is 33.5 Å². The largest absolute Gasteiger partial charge is 0.433 e. The number of morpholine rings is 1. The van der Waals surface area contributed by atoms with Gasteiger partial charge in [-0.1, -0.05) is 12.1 Å². The molecule has 0 radical (unpaired) electrons. The van der Waals surface area contributed by atoms with Gasteiger partial charge < -0.3 is 15.0 Å². The second kappa shape index (κ2) is 10.1. The molecule has 2 amide bonds. The van der Waals surface area contributed by atoms with Crippen molar-refractivity contribution >= 4 is 23.1 Å². The first-order valence-corrected chi connectivity index (χ1v) is 12.4. The number of halogens is 3. The highest BCUT2D eigenvalue weighted by molar-refractivity contribution is 6.07. The number of carbonyl (C=O) groups excluding carboxylic acids is 2. The molecule has 204 valence electrons. The first-order chi connectivity index (χ1) is 18.6. The zero-order valence-electron chi connectivity index (χ0n) is 21.5. The number of alkyl halides is 3. The maximum atomic E-state index is 14.0. The Labute approximate surface area is 221 Å². The molecule has 3 aromatic heterocycles. The maximum Gasteiger partial charge on any atom is 0.433 e. The van der Waals surface area contributed by atoms with Crippen LogP contribution >= 0.6 is 0 Å². The van der Waals surface area contributed by atoms with Gasteiger partial charge >= 0.3 is 6.18 Å². The topological polar surface area (TPSA) is 107 Å². The molecule has 0 spiro atoms. The van der Waals surface area contributed by atoms with Crippen LogP contribution in [-0.2, 0) is 17.5 Å². The molecular formula is C26H26F3N7O3. The summed E-state index contributed by atoms with van der Waals surface area (Å²) in [5.41, 5.74) is 1.32. The van der Waals surface area contributed by atoms with Gasteiger partial charge in [0, 0.05) is 31.3 Å². The quantitative estimate of drug-likeness (QED) is 0.410. The van der Waals surface area contributed by atoms with E-state index in [-0.39, 0.29) is 34.3 Å². The fraction of sp³-hybridized carbons (Fsp3) is 0.346. The number of nitrogens with one attached hydrogen (secondary N) is 1. The van der Waals surface area contributed by atoms with E-state index < -0.39 is 17.8 Å². The average Bonchev–Trinajstić information content (AvgIpc) is 3.53. The van der Waals surface area contributed by atoms with Crippen molar-refractivity contribution in [2.75, 3.05) is 31.6 Å². The minimum absolute atomic E-state index is 0.104. The number of carbonyl (C=O) groups is 2. The zero-order valence-corrected chi connectivity index (χ0v) is 21.5. The van der Waals surface area contributed by atoms with Gasteiger partial charge in [-0.15, -0.1) is 0 Å². The molecule has 0 aliphatic carbocycles. The van der Waals surface area contributed by atoms with E-state index in [9.17, 15) is 22.8 Å². The van der Waals surface area contributed by atoms with Crippen molar-refractivity contribution in [3.8, 4) is 11.3 Å². The summed E-state index contributed by atoms with van der Waals surface area (Å²) in [6.45, 7) is 7.51. The lowest BCUT2D eigenvalue weighted by molar-refractivity contribution is -0.142. The Balaban J connectivity index is 1.51. The Bertz CT molecular complexity index is 1570. The SMILES string of the molecule is CCn1ncc(NC(=O)c2cc3nc(-c4ccc(C)c(C)c4)cc(C(F)(F)F)n3n2)c1C(=O)N1CCOCC1. The third-order valence-electron chi connectivity index (χ3n) is 6.64. The van der Waals surface area contributed by atoms with Crippen molar-refractivity contribution in [3.05, 3.63) is 64.7 Å². The first kappa shape index (κ1) is 26.4. The number of ether oxygens (including phenoxy) is 1. The van der Waals surface area contributed by atoms with E-state index in [1.807, 2.05) is 19.9 Å². The van der Waals surface area contributed by atoms with E-state index in [1.165, 1.54) is 16.9 Å². The molecule has 5 rings (SSSR count). The van der Waals surface area contributed by atoms with E-state index in [2.05, 4.69) is 20.5 Å². The average molecular weight is 542 g/mol. The van der Waals surface area contributed by atoms with E-state index >= 15 is 0 Å². The van der Waals surface area contributed by atoms with Crippen LogP contribution in [0.25, 0.3) is 16.9 Å². The van der Waals surface area contributed by atoms with Crippen LogP contribution in [0.3, 0.4) is 0 Å². The van der Waals surface area contributed by atoms with Crippen LogP contribution in [0.4, 0.5) is 18.9 Å². The van der Waals surface area contributed by atoms with Crippen molar-refractivity contribution in [1.82, 2.24) is 29.3 Å². The molecule has 1 aliphatic rings. The number of amides is 2. The molecule has 1 aliphatic heterocycles. The minimum Gasteiger partial charge on any atom is -0.378 e. The molecule has 1 N–H and O–H groups in total. The number of aryl methyl sites for hydroxylation is 3. The lowest BCUT2D eigenvalue weighted by Gasteiger charge is -2.27. The summed E-state index contributed by atoms with van der Waals surface area (Å²) in [7, 11) is 0. The second-order valence-electron chi connectivity index (χ2n) is 9.20. The molecular weight excluding hydrogens is 515 g/mol. The third-order valence-corrected chi connectivity index (χ3v) is 6.64. The summed E-state index contributed by atoms with van der Waals surface area (Å²) in [6.07, 6.45) is -3.42. The van der Waals surface area contributed by atoms with Crippen LogP contribution in [0, 0.1) is 13.8 Å². The van der Waals surface area contributed by atoms with Crippen LogP contribution in [-0.4, -0.2) is 67.4 Å². The molecule has 0 unspecified atom stereocenters. The number of anilines is 1. The molecule has 1 saturated heterocycles. The van der Waals surface area contributed by atoms with Gasteiger partial charge in [0.05, 0.1) is 30.8 Å². The molecule has 13 heteroatoms. The van der Waals surface area contributed by atoms with E-state index in [0.29, 0.717) is 42.9 Å². The number of hydrogen-bond donors (Lipinski definition) is 1. The monoisotopic (exact) mass is 541 g/mol. The van der Waals surface area contributed by atoms with Crippen LogP contribution < -0.4 is 5.32 Å². The molecule has 1 fully saturated rings. The van der Waals surface area contributed by atoms with Gasteiger partial charge in [-0.25, -0.2) is 9.50 Å². The van der Waals surface area contributed by atoms with Crippen molar-refractivity contribution in [3.63, 3.8) is 0 Å². The highest BCUT2D eigenvalue weighted by Crippen LogP contribution is 2.33. The van der Waals surface area contributed by atoms with Gasteiger partial charge in [0.15, 0.2) is 17.0 Å². The third kappa shape index (κ3) is 5.09. The Morgan fingerprint density at radius 2 is 1.82 bits per heavy atom. The van der Waals surface area contributed by atoms with Crippen LogP contribution in [0.15, 0.2) is 36.5 Å². The highest BCUT2D eigenvalue weighted by Gasteiger charge is 2.36. The predicted molar refractivity (Wildman–Crippen MR) is 135 cm³/mol. The summed E-state index contributed by atoms with van der Waals surface area (Å²) < 4.78 is 49.4. The Hall–Kier alpha value is -4.26. The van der Waals surface area contributed by atoms with Gasteiger partial charge in [-0.2, -0.15) is 23.4 Å². The Kier molecular flexibility index (Phi) is 6.85. The zero-order chi connectivity index (χ0) is 27.9. The highest BCUT2D eigenvalue weighted by atomic mass is 19.4. The van der Waals surface area contributed by atoms with Crippen LogP contribution in [0.5, 0.6) is 0 Å². The van der Waals surface area contributed by atoms with Gasteiger partial charge in [0.1, 0.15) is 5.69 Å². The number of fused-ring (bicyclic) bond motifs is 1. The smallest absolute Gasteiger partial charge is 0.378 e. The molecule has 0 bridgehead atoms. The lowest BCUT2D eigenvalue weighted by Crippen LogP contribution is -2.41. The molecule has 0 saturated carbocycles. The van der Waals surface area contributed by atoms with E-state index in [0.717, 1.165) is 17.2 Å². The van der Waals surface area contributed by atoms with Crippen LogP contribution in [0.1, 0.15) is 44.7 Å². The van der Waals surface area contributed by atoms with Gasteiger partial charge in [-0.05, 0) is 44.0 Å². The van der Waals surface area contributed by atoms with Gasteiger partial charge in [0.25, 0.3) is 11.8 Å². The summed E-state index contributed by atoms with van der Waals surface area (Å²) in [6, 6.07) is 7.37. The normalized spacial score (nSPS) is 14.2. The predicted octanol–water partition coefficient (Wildman–Crippen LogP) is 3.97. The molecule has 39 heavy (non-hydrogen) atoms. The van der Waals surface area contributed by atoms with Gasteiger partial charge in [-0.3, -0.25) is 14.3 Å². The lowest BCUT2D eigenvalue weighted by atomic mass is 10.0. The van der Waals surface area contributed by atoms with Crippen molar-refractivity contribution < 1.29 is 27.5 Å².